The third-order valence-corrected chi connectivity index (χ3v) is 5.15. The van der Waals surface area contributed by atoms with Crippen LogP contribution in [0.4, 0.5) is 0 Å². The number of thiocarbonyl (C=S) groups is 1. The lowest BCUT2D eigenvalue weighted by atomic mass is 9.83. The lowest BCUT2D eigenvalue weighted by molar-refractivity contribution is -0.875. The first-order valence-electron chi connectivity index (χ1n) is 7.57. The number of allylic oxidation sites excluding steroid dienone is 1. The molecule has 5 rings (SSSR count). The van der Waals surface area contributed by atoms with E-state index < -0.39 is 0 Å². The average molecular weight is 302 g/mol. The molecule has 5 heteroatoms. The van der Waals surface area contributed by atoms with Gasteiger partial charge < -0.3 is 20.3 Å². The molecule has 1 saturated heterocycles. The van der Waals surface area contributed by atoms with Gasteiger partial charge in [-0.3, -0.25) is 0 Å². The molecule has 0 unspecified atom stereocenters. The molecule has 110 valence electrons. The number of rotatable bonds is 2. The van der Waals surface area contributed by atoms with Crippen LogP contribution in [-0.4, -0.2) is 25.3 Å². The van der Waals surface area contributed by atoms with Crippen molar-refractivity contribution >= 4 is 17.3 Å². The quantitative estimate of drug-likeness (QED) is 0.704. The number of hydrogen-bond acceptors (Lipinski definition) is 2. The van der Waals surface area contributed by atoms with Gasteiger partial charge in [0.2, 0.25) is 0 Å². The monoisotopic (exact) mass is 302 g/mol. The number of ether oxygens (including phenoxy) is 1. The van der Waals surface area contributed by atoms with E-state index in [-0.39, 0.29) is 6.04 Å². The van der Waals surface area contributed by atoms with Gasteiger partial charge in [0, 0.05) is 18.8 Å². The summed E-state index contributed by atoms with van der Waals surface area (Å²) >= 11 is 5.43. The van der Waals surface area contributed by atoms with E-state index in [9.17, 15) is 0 Å². The van der Waals surface area contributed by atoms with Crippen LogP contribution < -0.4 is 20.3 Å². The lowest BCUT2D eigenvalue weighted by Gasteiger charge is -2.44. The van der Waals surface area contributed by atoms with Crippen molar-refractivity contribution in [1.82, 2.24) is 10.6 Å². The van der Waals surface area contributed by atoms with Gasteiger partial charge in [-0.15, -0.1) is 0 Å². The number of quaternary nitrogens is 1. The Morgan fingerprint density at radius 3 is 2.57 bits per heavy atom. The first-order chi connectivity index (χ1) is 10.3. The van der Waals surface area contributed by atoms with E-state index in [1.54, 1.807) is 12.0 Å². The third-order valence-electron chi connectivity index (χ3n) is 4.93. The molecular weight excluding hydrogens is 282 g/mol. The molecule has 0 amide bonds. The fraction of sp³-hybridized carbons (Fsp3) is 0.438. The fourth-order valence-corrected chi connectivity index (χ4v) is 4.10. The minimum atomic E-state index is 0.192. The van der Waals surface area contributed by atoms with Gasteiger partial charge in [0.25, 0.3) is 0 Å². The Hall–Kier alpha value is -1.59. The van der Waals surface area contributed by atoms with Gasteiger partial charge in [-0.05, 0) is 29.9 Å². The summed E-state index contributed by atoms with van der Waals surface area (Å²) in [5.41, 5.74) is 4.11. The van der Waals surface area contributed by atoms with Gasteiger partial charge in [0.05, 0.1) is 25.9 Å². The maximum Gasteiger partial charge on any atom is 0.171 e. The molecule has 1 aromatic rings. The number of methoxy groups -OCH3 is 1. The van der Waals surface area contributed by atoms with Gasteiger partial charge in [0.1, 0.15) is 11.8 Å². The number of benzene rings is 1. The summed E-state index contributed by atoms with van der Waals surface area (Å²) in [5, 5.41) is 7.63. The number of nitrogens with one attached hydrogen (secondary N) is 3. The molecule has 0 aromatic heterocycles. The van der Waals surface area contributed by atoms with Gasteiger partial charge in [0.15, 0.2) is 10.8 Å². The number of hydrogen-bond donors (Lipinski definition) is 3. The molecule has 2 bridgehead atoms. The summed E-state index contributed by atoms with van der Waals surface area (Å²) < 4.78 is 5.26. The van der Waals surface area contributed by atoms with Crippen LogP contribution in [0, 0.1) is 5.92 Å². The van der Waals surface area contributed by atoms with Crippen LogP contribution in [0.25, 0.3) is 0 Å². The lowest BCUT2D eigenvalue weighted by Crippen LogP contribution is -3.14. The Bertz CT molecular complexity index is 602. The summed E-state index contributed by atoms with van der Waals surface area (Å²) in [6.45, 7) is 2.48. The summed E-state index contributed by atoms with van der Waals surface area (Å²) in [5.74, 6) is 1.56. The van der Waals surface area contributed by atoms with Crippen molar-refractivity contribution in [3.8, 4) is 5.75 Å². The maximum atomic E-state index is 5.43. The smallest absolute Gasteiger partial charge is 0.171 e. The van der Waals surface area contributed by atoms with Crippen LogP contribution in [-0.2, 0) is 0 Å². The molecule has 1 fully saturated rings. The van der Waals surface area contributed by atoms with E-state index in [0.29, 0.717) is 5.92 Å². The van der Waals surface area contributed by atoms with E-state index in [4.69, 9.17) is 17.0 Å². The highest BCUT2D eigenvalue weighted by molar-refractivity contribution is 7.80. The molecule has 21 heavy (non-hydrogen) atoms. The summed E-state index contributed by atoms with van der Waals surface area (Å²) in [6, 6.07) is 8.51. The molecule has 4 nitrogen and oxygen atoms in total. The summed E-state index contributed by atoms with van der Waals surface area (Å²) in [4.78, 5) is 1.61. The summed E-state index contributed by atoms with van der Waals surface area (Å²) in [6.07, 6.45) is 2.55. The fourth-order valence-electron chi connectivity index (χ4n) is 3.87. The van der Waals surface area contributed by atoms with Crippen LogP contribution >= 0.6 is 12.2 Å². The van der Waals surface area contributed by atoms with E-state index in [1.807, 2.05) is 12.1 Å². The Morgan fingerprint density at radius 1 is 1.19 bits per heavy atom. The van der Waals surface area contributed by atoms with Crippen LogP contribution in [0.3, 0.4) is 0 Å². The zero-order valence-electron chi connectivity index (χ0n) is 12.1. The Labute approximate surface area is 130 Å². The predicted molar refractivity (Wildman–Crippen MR) is 85.1 cm³/mol. The first kappa shape index (κ1) is 13.1. The van der Waals surface area contributed by atoms with Crippen LogP contribution in [0.1, 0.15) is 24.4 Å². The Morgan fingerprint density at radius 2 is 1.90 bits per heavy atom. The largest absolute Gasteiger partial charge is 0.497 e. The van der Waals surface area contributed by atoms with Crippen molar-refractivity contribution in [3.63, 3.8) is 0 Å². The van der Waals surface area contributed by atoms with E-state index in [0.717, 1.165) is 10.9 Å². The van der Waals surface area contributed by atoms with Crippen LogP contribution in [0.5, 0.6) is 5.75 Å². The second-order valence-electron chi connectivity index (χ2n) is 6.01. The molecule has 0 radical (unpaired) electrons. The summed E-state index contributed by atoms with van der Waals surface area (Å²) in [7, 11) is 1.70. The van der Waals surface area contributed by atoms with Crippen molar-refractivity contribution in [3.05, 3.63) is 41.2 Å². The Kier molecular flexibility index (Phi) is 3.12. The van der Waals surface area contributed by atoms with Crippen molar-refractivity contribution in [1.29, 1.82) is 0 Å². The molecular formula is C16H20N3OS+. The second kappa shape index (κ2) is 5.00. The van der Waals surface area contributed by atoms with Gasteiger partial charge in [-0.2, -0.15) is 0 Å². The van der Waals surface area contributed by atoms with E-state index >= 15 is 0 Å². The van der Waals surface area contributed by atoms with E-state index in [1.165, 1.54) is 42.9 Å². The third kappa shape index (κ3) is 2.12. The molecule has 1 aromatic carbocycles. The van der Waals surface area contributed by atoms with Crippen LogP contribution in [0.15, 0.2) is 35.7 Å². The zero-order valence-corrected chi connectivity index (χ0v) is 12.9. The minimum absolute atomic E-state index is 0.192. The van der Waals surface area contributed by atoms with Crippen molar-refractivity contribution in [2.45, 2.75) is 18.9 Å². The highest BCUT2D eigenvalue weighted by atomic mass is 32.1. The normalized spacial score (nSPS) is 30.5. The topological polar surface area (TPSA) is 37.7 Å². The van der Waals surface area contributed by atoms with Crippen molar-refractivity contribution < 1.29 is 9.64 Å². The molecule has 0 aliphatic carbocycles. The minimum Gasteiger partial charge on any atom is -0.497 e. The Balaban J connectivity index is 1.76. The molecule has 4 aliphatic rings. The molecule has 3 N–H and O–H groups in total. The molecule has 0 spiro atoms. The van der Waals surface area contributed by atoms with Gasteiger partial charge >= 0.3 is 0 Å². The standard InChI is InChI=1S/C16H19N3OS/c1-20-12-4-2-10(3-5-12)13-15-14(18-16(21)17-13)11-6-8-19(15)9-7-11/h2-5,11,13H,6-9H2,1H3,(H2,17,18,21)/p+1/t13-/m0/s1. The maximum absolute atomic E-state index is 5.43. The van der Waals surface area contributed by atoms with Gasteiger partial charge in [-0.25, -0.2) is 0 Å². The molecule has 4 aliphatic heterocycles. The zero-order chi connectivity index (χ0) is 14.4. The van der Waals surface area contributed by atoms with Crippen molar-refractivity contribution in [2.75, 3.05) is 20.2 Å². The first-order valence-corrected chi connectivity index (χ1v) is 7.97. The van der Waals surface area contributed by atoms with Gasteiger partial charge in [-0.1, -0.05) is 12.1 Å². The molecule has 4 heterocycles. The molecule has 0 saturated carbocycles. The van der Waals surface area contributed by atoms with Crippen LogP contribution in [0.2, 0.25) is 0 Å². The highest BCUT2D eigenvalue weighted by Crippen LogP contribution is 2.33. The van der Waals surface area contributed by atoms with Crippen molar-refractivity contribution in [2.24, 2.45) is 5.92 Å². The number of fused-ring (bicyclic) bond motifs is 2. The molecule has 1 atom stereocenters. The average Bonchev–Trinajstić information content (AvgIpc) is 2.55. The number of piperidine rings is 1. The highest BCUT2D eigenvalue weighted by Gasteiger charge is 2.44. The second-order valence-corrected chi connectivity index (χ2v) is 6.42. The predicted octanol–water partition coefficient (Wildman–Crippen LogP) is 0.734. The van der Waals surface area contributed by atoms with E-state index in [2.05, 4.69) is 22.8 Å². The SMILES string of the molecule is COc1ccc([C@@H]2NC(=S)NC3=C2[NH+]2CCC3CC2)cc1.